The minimum absolute atomic E-state index is 0.245. The highest BCUT2D eigenvalue weighted by Gasteiger charge is 2.13. The van der Waals surface area contributed by atoms with Crippen molar-refractivity contribution in [3.63, 3.8) is 0 Å². The predicted octanol–water partition coefficient (Wildman–Crippen LogP) is 3.60. The van der Waals surface area contributed by atoms with Gasteiger partial charge in [0.15, 0.2) is 0 Å². The molecule has 0 fully saturated rings. The number of rotatable bonds is 1. The largest absolute Gasteiger partial charge is 0.229 e. The molecule has 0 bridgehead atoms. The van der Waals surface area contributed by atoms with Crippen molar-refractivity contribution in [2.24, 2.45) is 0 Å². The molecule has 0 saturated heterocycles. The SMILES string of the molecule is Clc1ccc(C2CC=CC[N]2)cc1Cl. The number of hydrogen-bond acceptors (Lipinski definition) is 0. The van der Waals surface area contributed by atoms with Crippen molar-refractivity contribution in [3.05, 3.63) is 46.0 Å². The first kappa shape index (κ1) is 10.0. The lowest BCUT2D eigenvalue weighted by Gasteiger charge is -2.18. The molecule has 1 atom stereocenters. The summed E-state index contributed by atoms with van der Waals surface area (Å²) in [6, 6.07) is 5.96. The zero-order valence-electron chi connectivity index (χ0n) is 7.58. The van der Waals surface area contributed by atoms with Crippen molar-refractivity contribution in [2.45, 2.75) is 12.5 Å². The summed E-state index contributed by atoms with van der Waals surface area (Å²) < 4.78 is 0. The fourth-order valence-corrected chi connectivity index (χ4v) is 1.83. The van der Waals surface area contributed by atoms with E-state index in [0.717, 1.165) is 18.5 Å². The topological polar surface area (TPSA) is 14.1 Å². The van der Waals surface area contributed by atoms with Crippen molar-refractivity contribution < 1.29 is 0 Å². The molecule has 0 N–H and O–H groups in total. The predicted molar refractivity (Wildman–Crippen MR) is 60.0 cm³/mol. The maximum absolute atomic E-state index is 5.94. The molecule has 1 unspecified atom stereocenters. The molecule has 1 nitrogen and oxygen atoms in total. The number of hydrogen-bond donors (Lipinski definition) is 0. The molecule has 1 aliphatic rings. The van der Waals surface area contributed by atoms with Gasteiger partial charge in [0.1, 0.15) is 0 Å². The Bertz CT molecular complexity index is 360. The highest BCUT2D eigenvalue weighted by molar-refractivity contribution is 6.42. The van der Waals surface area contributed by atoms with Crippen molar-refractivity contribution in [1.29, 1.82) is 0 Å². The van der Waals surface area contributed by atoms with Gasteiger partial charge in [-0.1, -0.05) is 41.4 Å². The first-order chi connectivity index (χ1) is 6.77. The van der Waals surface area contributed by atoms with Gasteiger partial charge in [-0.25, -0.2) is 5.32 Å². The second kappa shape index (κ2) is 4.35. The minimum atomic E-state index is 0.245. The zero-order valence-corrected chi connectivity index (χ0v) is 9.09. The zero-order chi connectivity index (χ0) is 9.97. The molecule has 2 rings (SSSR count). The van der Waals surface area contributed by atoms with Crippen LogP contribution in [0.2, 0.25) is 10.0 Å². The van der Waals surface area contributed by atoms with E-state index >= 15 is 0 Å². The first-order valence-electron chi connectivity index (χ1n) is 4.54. The lowest BCUT2D eigenvalue weighted by molar-refractivity contribution is 0.543. The fourth-order valence-electron chi connectivity index (χ4n) is 1.52. The summed E-state index contributed by atoms with van der Waals surface area (Å²) in [6.07, 6.45) is 5.19. The Morgan fingerprint density at radius 2 is 2.00 bits per heavy atom. The third-order valence-corrected chi connectivity index (χ3v) is 3.02. The third kappa shape index (κ3) is 2.11. The molecule has 3 heteroatoms. The lowest BCUT2D eigenvalue weighted by Crippen LogP contribution is -2.16. The monoisotopic (exact) mass is 226 g/mol. The van der Waals surface area contributed by atoms with E-state index in [-0.39, 0.29) is 6.04 Å². The summed E-state index contributed by atoms with van der Waals surface area (Å²) in [5.41, 5.74) is 1.14. The number of benzene rings is 1. The van der Waals surface area contributed by atoms with E-state index < -0.39 is 0 Å². The average Bonchev–Trinajstić information content (AvgIpc) is 2.23. The van der Waals surface area contributed by atoms with Crippen molar-refractivity contribution in [2.75, 3.05) is 6.54 Å². The van der Waals surface area contributed by atoms with Crippen LogP contribution in [-0.2, 0) is 0 Å². The highest BCUT2D eigenvalue weighted by Crippen LogP contribution is 2.28. The van der Waals surface area contributed by atoms with Gasteiger partial charge >= 0.3 is 0 Å². The Morgan fingerprint density at radius 3 is 2.64 bits per heavy atom. The second-order valence-electron chi connectivity index (χ2n) is 3.26. The van der Waals surface area contributed by atoms with Crippen LogP contribution in [0.5, 0.6) is 0 Å². The van der Waals surface area contributed by atoms with Gasteiger partial charge in [-0.2, -0.15) is 0 Å². The number of halogens is 2. The van der Waals surface area contributed by atoms with Gasteiger partial charge in [0.25, 0.3) is 0 Å². The van der Waals surface area contributed by atoms with E-state index in [0.29, 0.717) is 10.0 Å². The molecular formula is C11H10Cl2N. The molecule has 1 radical (unpaired) electrons. The smallest absolute Gasteiger partial charge is 0.0595 e. The average molecular weight is 227 g/mol. The molecule has 0 amide bonds. The summed E-state index contributed by atoms with van der Waals surface area (Å²) >= 11 is 11.8. The molecule has 0 aromatic heterocycles. The Kier molecular flexibility index (Phi) is 3.12. The van der Waals surface area contributed by atoms with Crippen LogP contribution in [0.25, 0.3) is 0 Å². The van der Waals surface area contributed by atoms with Crippen molar-refractivity contribution >= 4 is 23.2 Å². The Morgan fingerprint density at radius 1 is 1.14 bits per heavy atom. The first-order valence-corrected chi connectivity index (χ1v) is 5.29. The molecule has 73 valence electrons. The molecule has 1 aromatic rings. The van der Waals surface area contributed by atoms with Gasteiger partial charge in [0, 0.05) is 6.54 Å². The van der Waals surface area contributed by atoms with Crippen LogP contribution in [0, 0.1) is 0 Å². The van der Waals surface area contributed by atoms with Gasteiger partial charge < -0.3 is 0 Å². The molecule has 0 spiro atoms. The quantitative estimate of drug-likeness (QED) is 0.651. The summed E-state index contributed by atoms with van der Waals surface area (Å²) in [7, 11) is 0. The van der Waals surface area contributed by atoms with Crippen LogP contribution in [-0.4, -0.2) is 6.54 Å². The van der Waals surface area contributed by atoms with E-state index in [4.69, 9.17) is 23.2 Å². The Labute approximate surface area is 93.7 Å². The summed E-state index contributed by atoms with van der Waals surface area (Å²) in [5, 5.41) is 5.69. The molecule has 1 aliphatic heterocycles. The van der Waals surface area contributed by atoms with Crippen molar-refractivity contribution in [1.82, 2.24) is 5.32 Å². The van der Waals surface area contributed by atoms with E-state index in [1.54, 1.807) is 0 Å². The molecule has 1 aromatic carbocycles. The molecule has 0 aliphatic carbocycles. The highest BCUT2D eigenvalue weighted by atomic mass is 35.5. The summed E-state index contributed by atoms with van der Waals surface area (Å²) in [6.45, 7) is 0.797. The molecule has 14 heavy (non-hydrogen) atoms. The maximum Gasteiger partial charge on any atom is 0.0595 e. The fraction of sp³-hybridized carbons (Fsp3) is 0.273. The van der Waals surface area contributed by atoms with E-state index in [1.807, 2.05) is 18.2 Å². The van der Waals surface area contributed by atoms with Gasteiger partial charge in [0.05, 0.1) is 16.1 Å². The molecular weight excluding hydrogens is 217 g/mol. The normalized spacial score (nSPS) is 21.1. The van der Waals surface area contributed by atoms with Crippen LogP contribution in [0.4, 0.5) is 0 Å². The summed E-state index contributed by atoms with van der Waals surface area (Å²) in [5.74, 6) is 0. The van der Waals surface area contributed by atoms with E-state index in [1.165, 1.54) is 0 Å². The van der Waals surface area contributed by atoms with E-state index in [9.17, 15) is 0 Å². The van der Waals surface area contributed by atoms with Crippen LogP contribution in [0.15, 0.2) is 30.4 Å². The standard InChI is InChI=1S/C11H10Cl2N/c12-9-5-4-8(7-10(9)13)11-3-1-2-6-14-11/h1-2,4-5,7,11H,3,6H2. The Hall–Kier alpha value is -0.500. The number of nitrogens with zero attached hydrogens (tertiary/aromatic N) is 1. The third-order valence-electron chi connectivity index (χ3n) is 2.29. The molecule has 1 heterocycles. The lowest BCUT2D eigenvalue weighted by atomic mass is 10.0. The van der Waals surface area contributed by atoms with Crippen LogP contribution in [0.3, 0.4) is 0 Å². The Balaban J connectivity index is 2.23. The van der Waals surface area contributed by atoms with Gasteiger partial charge in [0.2, 0.25) is 0 Å². The maximum atomic E-state index is 5.94. The van der Waals surface area contributed by atoms with Crippen LogP contribution in [0.1, 0.15) is 18.0 Å². The second-order valence-corrected chi connectivity index (χ2v) is 4.08. The summed E-state index contributed by atoms with van der Waals surface area (Å²) in [4.78, 5) is 0. The van der Waals surface area contributed by atoms with E-state index in [2.05, 4.69) is 17.5 Å². The van der Waals surface area contributed by atoms with Crippen LogP contribution >= 0.6 is 23.2 Å². The van der Waals surface area contributed by atoms with Gasteiger partial charge in [-0.05, 0) is 24.1 Å². The van der Waals surface area contributed by atoms with Gasteiger partial charge in [-0.3, -0.25) is 0 Å². The molecule has 0 saturated carbocycles. The minimum Gasteiger partial charge on any atom is -0.229 e. The van der Waals surface area contributed by atoms with Crippen molar-refractivity contribution in [3.8, 4) is 0 Å². The van der Waals surface area contributed by atoms with Gasteiger partial charge in [-0.15, -0.1) is 0 Å². The van der Waals surface area contributed by atoms with Crippen LogP contribution < -0.4 is 5.32 Å².